The third-order valence-corrected chi connectivity index (χ3v) is 1.77. The zero-order valence-corrected chi connectivity index (χ0v) is 7.20. The molecule has 0 atom stereocenters. The summed E-state index contributed by atoms with van der Waals surface area (Å²) >= 11 is 0. The first-order chi connectivity index (χ1) is 5.77. The Kier molecular flexibility index (Phi) is 2.88. The molecule has 0 aliphatic rings. The Balaban J connectivity index is 2.93. The van der Waals surface area contributed by atoms with Crippen LogP contribution in [0.15, 0.2) is 37.0 Å². The normalized spacial score (nSPS) is 9.50. The molecule has 0 aliphatic carbocycles. The van der Waals surface area contributed by atoms with Crippen LogP contribution in [-0.2, 0) is 6.61 Å². The number of aliphatic hydroxyl groups excluding tert-OH is 1. The van der Waals surface area contributed by atoms with Crippen molar-refractivity contribution in [2.75, 3.05) is 11.9 Å². The van der Waals surface area contributed by atoms with E-state index in [9.17, 15) is 0 Å². The van der Waals surface area contributed by atoms with Crippen LogP contribution in [0.3, 0.4) is 0 Å². The molecule has 0 spiro atoms. The third-order valence-electron chi connectivity index (χ3n) is 1.77. The van der Waals surface area contributed by atoms with Gasteiger partial charge in [0, 0.05) is 12.7 Å². The molecule has 1 aromatic rings. The molecule has 0 saturated carbocycles. The van der Waals surface area contributed by atoms with E-state index in [-0.39, 0.29) is 6.61 Å². The van der Waals surface area contributed by atoms with Crippen LogP contribution in [0.1, 0.15) is 5.56 Å². The highest BCUT2D eigenvalue weighted by atomic mass is 16.3. The van der Waals surface area contributed by atoms with Gasteiger partial charge in [0.05, 0.1) is 6.61 Å². The maximum atomic E-state index is 8.87. The second-order valence-electron chi connectivity index (χ2n) is 2.62. The van der Waals surface area contributed by atoms with Gasteiger partial charge in [0.2, 0.25) is 0 Å². The average molecular weight is 163 g/mol. The van der Waals surface area contributed by atoms with Crippen molar-refractivity contribution in [3.8, 4) is 0 Å². The second-order valence-corrected chi connectivity index (χ2v) is 2.62. The van der Waals surface area contributed by atoms with Crippen LogP contribution in [0.4, 0.5) is 5.69 Å². The van der Waals surface area contributed by atoms with Crippen LogP contribution in [0.25, 0.3) is 0 Å². The van der Waals surface area contributed by atoms with E-state index in [4.69, 9.17) is 5.11 Å². The number of anilines is 1. The molecule has 0 bridgehead atoms. The van der Waals surface area contributed by atoms with Crippen LogP contribution >= 0.6 is 0 Å². The summed E-state index contributed by atoms with van der Waals surface area (Å²) in [5.74, 6) is 0. The Morgan fingerprint density at radius 3 is 2.92 bits per heavy atom. The van der Waals surface area contributed by atoms with Gasteiger partial charge >= 0.3 is 0 Å². The molecule has 0 amide bonds. The first-order valence-corrected chi connectivity index (χ1v) is 3.83. The van der Waals surface area contributed by atoms with E-state index in [0.717, 1.165) is 11.3 Å². The Bertz CT molecular complexity index is 270. The fraction of sp³-hybridized carbons (Fsp3) is 0.200. The maximum Gasteiger partial charge on any atom is 0.0682 e. The molecule has 1 aromatic carbocycles. The summed E-state index contributed by atoms with van der Waals surface area (Å²) < 4.78 is 0. The molecule has 2 heteroatoms. The molecule has 1 rings (SSSR count). The summed E-state index contributed by atoms with van der Waals surface area (Å²) in [5, 5.41) is 8.87. The van der Waals surface area contributed by atoms with Crippen molar-refractivity contribution in [3.05, 3.63) is 42.6 Å². The summed E-state index contributed by atoms with van der Waals surface area (Å²) in [6, 6.07) is 7.71. The molecule has 0 fully saturated rings. The summed E-state index contributed by atoms with van der Waals surface area (Å²) in [6.07, 6.45) is 1.73. The fourth-order valence-corrected chi connectivity index (χ4v) is 0.980. The largest absolute Gasteiger partial charge is 0.392 e. The van der Waals surface area contributed by atoms with Crippen molar-refractivity contribution >= 4 is 5.69 Å². The standard InChI is InChI=1S/C10H13NO/c1-3-11(2)10-6-4-5-9(7-10)8-12/h3-7,12H,1,8H2,2H3. The van der Waals surface area contributed by atoms with E-state index in [1.54, 1.807) is 6.20 Å². The first kappa shape index (κ1) is 8.81. The number of aliphatic hydroxyl groups is 1. The number of hydrogen-bond donors (Lipinski definition) is 1. The lowest BCUT2D eigenvalue weighted by Gasteiger charge is -2.13. The van der Waals surface area contributed by atoms with Crippen LogP contribution in [0, 0.1) is 0 Å². The third kappa shape index (κ3) is 1.86. The summed E-state index contributed by atoms with van der Waals surface area (Å²) in [6.45, 7) is 3.74. The van der Waals surface area contributed by atoms with Gasteiger partial charge in [0.25, 0.3) is 0 Å². The van der Waals surface area contributed by atoms with Crippen LogP contribution < -0.4 is 4.90 Å². The molecule has 0 heterocycles. The average Bonchev–Trinajstić information content (AvgIpc) is 2.17. The molecular formula is C10H13NO. The lowest BCUT2D eigenvalue weighted by atomic mass is 10.2. The zero-order valence-electron chi connectivity index (χ0n) is 7.20. The van der Waals surface area contributed by atoms with E-state index in [1.807, 2.05) is 36.2 Å². The van der Waals surface area contributed by atoms with Gasteiger partial charge in [0.1, 0.15) is 0 Å². The minimum atomic E-state index is 0.0822. The van der Waals surface area contributed by atoms with Gasteiger partial charge in [-0.1, -0.05) is 18.7 Å². The van der Waals surface area contributed by atoms with Crippen LogP contribution in [-0.4, -0.2) is 12.2 Å². The molecule has 0 unspecified atom stereocenters. The van der Waals surface area contributed by atoms with E-state index in [1.165, 1.54) is 0 Å². The highest BCUT2D eigenvalue weighted by Gasteiger charge is 1.96. The molecule has 64 valence electrons. The Labute approximate surface area is 72.8 Å². The van der Waals surface area contributed by atoms with Gasteiger partial charge in [-0.2, -0.15) is 0 Å². The second kappa shape index (κ2) is 3.93. The summed E-state index contributed by atoms with van der Waals surface area (Å²) in [5.41, 5.74) is 1.96. The van der Waals surface area contributed by atoms with E-state index >= 15 is 0 Å². The Morgan fingerprint density at radius 2 is 2.33 bits per heavy atom. The van der Waals surface area contributed by atoms with Gasteiger partial charge < -0.3 is 10.0 Å². The van der Waals surface area contributed by atoms with E-state index in [0.29, 0.717) is 0 Å². The molecule has 0 aliphatic heterocycles. The lowest BCUT2D eigenvalue weighted by Crippen LogP contribution is -2.06. The molecule has 2 nitrogen and oxygen atoms in total. The van der Waals surface area contributed by atoms with Crippen LogP contribution in [0.5, 0.6) is 0 Å². The molecule has 0 saturated heterocycles. The highest BCUT2D eigenvalue weighted by molar-refractivity contribution is 5.49. The Morgan fingerprint density at radius 1 is 1.58 bits per heavy atom. The molecule has 0 radical (unpaired) electrons. The molecular weight excluding hydrogens is 150 g/mol. The number of hydrogen-bond acceptors (Lipinski definition) is 2. The summed E-state index contributed by atoms with van der Waals surface area (Å²) in [7, 11) is 1.92. The first-order valence-electron chi connectivity index (χ1n) is 3.83. The number of benzene rings is 1. The maximum absolute atomic E-state index is 8.87. The van der Waals surface area contributed by atoms with Crippen molar-refractivity contribution in [2.24, 2.45) is 0 Å². The van der Waals surface area contributed by atoms with E-state index < -0.39 is 0 Å². The smallest absolute Gasteiger partial charge is 0.0682 e. The van der Waals surface area contributed by atoms with Crippen molar-refractivity contribution in [2.45, 2.75) is 6.61 Å². The van der Waals surface area contributed by atoms with Gasteiger partial charge in [-0.25, -0.2) is 0 Å². The quantitative estimate of drug-likeness (QED) is 0.734. The minimum absolute atomic E-state index is 0.0822. The molecule has 12 heavy (non-hydrogen) atoms. The monoisotopic (exact) mass is 163 g/mol. The molecule has 0 aromatic heterocycles. The van der Waals surface area contributed by atoms with Gasteiger partial charge in [0.15, 0.2) is 0 Å². The Hall–Kier alpha value is -1.28. The lowest BCUT2D eigenvalue weighted by molar-refractivity contribution is 0.282. The van der Waals surface area contributed by atoms with Gasteiger partial charge in [-0.3, -0.25) is 0 Å². The predicted octanol–water partition coefficient (Wildman–Crippen LogP) is 1.76. The number of rotatable bonds is 3. The highest BCUT2D eigenvalue weighted by Crippen LogP contribution is 2.14. The molecule has 1 N–H and O–H groups in total. The predicted molar refractivity (Wildman–Crippen MR) is 51.0 cm³/mol. The summed E-state index contributed by atoms with van der Waals surface area (Å²) in [4.78, 5) is 1.90. The zero-order chi connectivity index (χ0) is 8.97. The topological polar surface area (TPSA) is 23.5 Å². The van der Waals surface area contributed by atoms with Crippen LogP contribution in [0.2, 0.25) is 0 Å². The van der Waals surface area contributed by atoms with Gasteiger partial charge in [-0.15, -0.1) is 0 Å². The number of nitrogens with zero attached hydrogens (tertiary/aromatic N) is 1. The van der Waals surface area contributed by atoms with Crippen molar-refractivity contribution < 1.29 is 5.11 Å². The van der Waals surface area contributed by atoms with Gasteiger partial charge in [-0.05, 0) is 23.9 Å². The van der Waals surface area contributed by atoms with E-state index in [2.05, 4.69) is 6.58 Å². The van der Waals surface area contributed by atoms with Crippen molar-refractivity contribution in [3.63, 3.8) is 0 Å². The van der Waals surface area contributed by atoms with Crippen molar-refractivity contribution in [1.29, 1.82) is 0 Å². The fourth-order valence-electron chi connectivity index (χ4n) is 0.980. The van der Waals surface area contributed by atoms with Crippen molar-refractivity contribution in [1.82, 2.24) is 0 Å². The minimum Gasteiger partial charge on any atom is -0.392 e. The SMILES string of the molecule is C=CN(C)c1cccc(CO)c1.